The van der Waals surface area contributed by atoms with Crippen molar-refractivity contribution < 1.29 is 27.4 Å². The van der Waals surface area contributed by atoms with Crippen molar-refractivity contribution in [3.05, 3.63) is 242 Å². The average molecular weight is 1710 g/mol. The molecule has 0 radical (unpaired) electrons. The van der Waals surface area contributed by atoms with E-state index in [9.17, 15) is 22.7 Å². The normalized spacial score (nSPS) is 12.9. The highest BCUT2D eigenvalue weighted by Gasteiger charge is 2.33. The van der Waals surface area contributed by atoms with Gasteiger partial charge >= 0.3 is 6.18 Å². The quantitative estimate of drug-likeness (QED) is 0.0187. The fourth-order valence-electron chi connectivity index (χ4n) is 14.1. The van der Waals surface area contributed by atoms with Crippen molar-refractivity contribution in [1.82, 2.24) is 90.6 Å². The monoisotopic (exact) mass is 1700 g/mol. The Balaban J connectivity index is 0.000000164. The third-order valence-corrected chi connectivity index (χ3v) is 21.3. The molecule has 0 bridgehead atoms. The lowest BCUT2D eigenvalue weighted by Gasteiger charge is -2.15. The largest absolute Gasteiger partial charge is 0.490 e. The maximum absolute atomic E-state index is 13.5. The van der Waals surface area contributed by atoms with E-state index in [1.54, 1.807) is 31.5 Å². The summed E-state index contributed by atoms with van der Waals surface area (Å²) >= 11 is 17.7. The average Bonchev–Trinajstić information content (AvgIpc) is 1.28. The van der Waals surface area contributed by atoms with E-state index >= 15 is 0 Å². The molecule has 27 heteroatoms. The molecule has 0 saturated heterocycles. The number of benzene rings is 6. The molecule has 1 unspecified atom stereocenters. The van der Waals surface area contributed by atoms with Crippen molar-refractivity contribution in [2.75, 3.05) is 81.6 Å². The van der Waals surface area contributed by atoms with Crippen LogP contribution in [0, 0.1) is 5.82 Å². The Morgan fingerprint density at radius 1 is 0.400 bits per heavy atom. The second kappa shape index (κ2) is 47.8. The zero-order valence-corrected chi connectivity index (χ0v) is 74.1. The first kappa shape index (κ1) is 94.5. The van der Waals surface area contributed by atoms with Crippen LogP contribution in [-0.2, 0) is 45.4 Å². The highest BCUT2D eigenvalue weighted by Crippen LogP contribution is 2.42. The lowest BCUT2D eigenvalue weighted by atomic mass is 10.0. The molecule has 2 aliphatic carbocycles. The molecule has 20 nitrogen and oxygen atoms in total. The number of hydrogen-bond donors (Lipinski definition) is 7. The molecule has 0 amide bonds. The van der Waals surface area contributed by atoms with Gasteiger partial charge in [-0.25, -0.2) is 4.39 Å². The van der Waals surface area contributed by atoms with Crippen LogP contribution in [0.25, 0.3) is 67.5 Å². The van der Waals surface area contributed by atoms with Gasteiger partial charge in [0, 0.05) is 99.9 Å². The number of aromatic amines is 6. The van der Waals surface area contributed by atoms with E-state index in [2.05, 4.69) is 204 Å². The highest BCUT2D eigenvalue weighted by molar-refractivity contribution is 6.33. The fourth-order valence-corrected chi connectivity index (χ4v) is 14.8. The third kappa shape index (κ3) is 29.2. The molecular weight excluding hydrogens is 1580 g/mol. The zero-order valence-electron chi connectivity index (χ0n) is 71.8. The SMILES string of the molecule is CCCN(C)Cc1cn[nH]c1-c1ccc(C(C)O)cc1.CCCN(C)Cc1cn[nH]c1-c1ccc(C(F)(F)F)c(Cl)c1.CCCN(C)Cc1cn[nH]c1-c1ccc(C2CC2)cc1.CCCN(C)Cc1cn[nH]c1-c1ccc(Cl)c(F)c1.CCCN(C)Cc1cn[nH]c1-c1ccc(OC2CC2)cc1.CCCN(C)Cc1cn[nH]c1-c1ccccc1Cl. The summed E-state index contributed by atoms with van der Waals surface area (Å²) in [7, 11) is 12.6. The van der Waals surface area contributed by atoms with Crippen LogP contribution in [0.2, 0.25) is 15.1 Å². The van der Waals surface area contributed by atoms with Gasteiger partial charge in [-0.15, -0.1) is 0 Å². The van der Waals surface area contributed by atoms with E-state index in [4.69, 9.17) is 39.5 Å². The Hall–Kier alpha value is -9.31. The predicted molar refractivity (Wildman–Crippen MR) is 480 cm³/mol. The van der Waals surface area contributed by atoms with Crippen LogP contribution in [0.3, 0.4) is 0 Å². The van der Waals surface area contributed by atoms with Gasteiger partial charge in [0.25, 0.3) is 0 Å². The summed E-state index contributed by atoms with van der Waals surface area (Å²) in [6.45, 7) is 26.2. The van der Waals surface area contributed by atoms with Crippen LogP contribution in [0.5, 0.6) is 5.75 Å². The van der Waals surface area contributed by atoms with E-state index in [0.717, 1.165) is 194 Å². The summed E-state index contributed by atoms with van der Waals surface area (Å²) in [5, 5.41) is 53.1. The van der Waals surface area contributed by atoms with E-state index < -0.39 is 23.7 Å². The van der Waals surface area contributed by atoms with Gasteiger partial charge in [0.2, 0.25) is 0 Å². The minimum absolute atomic E-state index is 0.132. The molecule has 6 aromatic carbocycles. The van der Waals surface area contributed by atoms with Crippen LogP contribution in [0.1, 0.15) is 175 Å². The maximum atomic E-state index is 13.5. The summed E-state index contributed by atoms with van der Waals surface area (Å²) in [4.78, 5) is 13.6. The summed E-state index contributed by atoms with van der Waals surface area (Å²) in [6.07, 6.45) is 18.5. The minimum atomic E-state index is -4.45. The van der Waals surface area contributed by atoms with E-state index in [1.165, 1.54) is 83.7 Å². The second-order valence-corrected chi connectivity index (χ2v) is 32.6. The Bertz CT molecular complexity index is 4860. The van der Waals surface area contributed by atoms with Crippen LogP contribution < -0.4 is 4.74 Å². The van der Waals surface area contributed by atoms with Crippen LogP contribution in [0.15, 0.2) is 171 Å². The second-order valence-electron chi connectivity index (χ2n) is 31.4. The first-order chi connectivity index (χ1) is 57.8. The molecule has 6 heterocycles. The Labute approximate surface area is 721 Å². The lowest BCUT2D eigenvalue weighted by Crippen LogP contribution is -2.18. The summed E-state index contributed by atoms with van der Waals surface area (Å²) in [6, 6.07) is 41.6. The maximum Gasteiger partial charge on any atom is 0.417 e. The molecule has 644 valence electrons. The van der Waals surface area contributed by atoms with E-state index in [0.29, 0.717) is 23.9 Å². The van der Waals surface area contributed by atoms with E-state index in [1.807, 2.05) is 92.5 Å². The number of nitrogens with zero attached hydrogens (tertiary/aromatic N) is 12. The van der Waals surface area contributed by atoms with Gasteiger partial charge in [-0.1, -0.05) is 155 Å². The number of aliphatic hydroxyl groups excluding tert-OH is 1. The Kier molecular flexibility index (Phi) is 37.6. The van der Waals surface area contributed by atoms with Crippen LogP contribution in [-0.4, -0.2) is 183 Å². The van der Waals surface area contributed by atoms with Gasteiger partial charge in [0.1, 0.15) is 11.6 Å². The van der Waals surface area contributed by atoms with Gasteiger partial charge in [0.05, 0.1) is 99.2 Å². The van der Waals surface area contributed by atoms with Gasteiger partial charge in [0.15, 0.2) is 0 Å². The Morgan fingerprint density at radius 3 is 1.06 bits per heavy atom. The molecule has 12 aromatic rings. The summed E-state index contributed by atoms with van der Waals surface area (Å²) in [5.41, 5.74) is 20.2. The molecule has 6 aromatic heterocycles. The van der Waals surface area contributed by atoms with Gasteiger partial charge in [-0.3, -0.25) is 30.6 Å². The number of rotatable bonds is 34. The molecule has 7 N–H and O–H groups in total. The number of aliphatic hydroxyl groups is 1. The zero-order chi connectivity index (χ0) is 86.3. The van der Waals surface area contributed by atoms with Crippen molar-refractivity contribution in [3.63, 3.8) is 0 Å². The Morgan fingerprint density at radius 2 is 0.725 bits per heavy atom. The summed E-state index contributed by atoms with van der Waals surface area (Å²) in [5.74, 6) is 1.37. The van der Waals surface area contributed by atoms with Crippen molar-refractivity contribution in [1.29, 1.82) is 0 Å². The number of hydrogen-bond acceptors (Lipinski definition) is 14. The standard InChI is InChI=1S/C17H23N3O.C17H23N3.C16H23N3O.C15H17ClF3N3.C14H17ClFN3.C14H18ClN3/c1-3-10-20(2)12-14-11-18-19-17(14)13-4-6-15(7-5-13)21-16-8-9-16;1-3-10-20(2)12-16-11-18-19-17(16)15-8-6-14(7-9-15)13-4-5-13;1-4-9-19(3)11-15-10-17-18-16(15)14-7-5-13(6-8-14)12(2)20;1-3-6-22(2)9-11-8-20-21-14(11)10-4-5-12(13(16)7-10)15(17,18)19;1-3-6-19(2)9-11-8-17-18-14(11)10-4-5-12(15)13(16)7-10;1-3-8-18(2)10-11-9-16-17-14(11)12-6-4-5-7-13(12)15/h4-7,11,16H,3,8-10,12H2,1-2H3,(H,18,19);6-9,11,13H,3-5,10,12H2,1-2H3,(H,18,19);5-8,10,12,20H,4,9,11H2,1-3H3,(H,17,18);4-5,7-8H,3,6,9H2,1-2H3,(H,20,21);4-5,7-8H,3,6,9H2,1-2H3,(H,17,18);4-7,9H,3,8,10H2,1-2H3,(H,16,17). The number of aromatic nitrogens is 12. The number of halogens is 7. The minimum Gasteiger partial charge on any atom is -0.490 e. The van der Waals surface area contributed by atoms with Gasteiger partial charge in [-0.05, 0) is 235 Å². The first-order valence-corrected chi connectivity index (χ1v) is 42.9. The molecule has 1 atom stereocenters. The van der Waals surface area contributed by atoms with Crippen molar-refractivity contribution in [2.45, 2.75) is 176 Å². The number of ether oxygens (including phenoxy) is 1. The topological polar surface area (TPSA) is 221 Å². The number of nitrogens with one attached hydrogen (secondary N) is 6. The lowest BCUT2D eigenvalue weighted by molar-refractivity contribution is -0.137. The molecule has 2 fully saturated rings. The molecule has 0 spiro atoms. The van der Waals surface area contributed by atoms with Crippen molar-refractivity contribution in [2.24, 2.45) is 0 Å². The van der Waals surface area contributed by atoms with Gasteiger partial charge < -0.3 is 39.2 Å². The number of alkyl halides is 3. The van der Waals surface area contributed by atoms with Crippen LogP contribution in [0.4, 0.5) is 17.6 Å². The predicted octanol–water partition coefficient (Wildman–Crippen LogP) is 22.1. The van der Waals surface area contributed by atoms with Crippen molar-refractivity contribution >= 4 is 34.8 Å². The van der Waals surface area contributed by atoms with Gasteiger partial charge in [-0.2, -0.15) is 43.8 Å². The molecule has 0 aliphatic heterocycles. The molecule has 120 heavy (non-hydrogen) atoms. The first-order valence-electron chi connectivity index (χ1n) is 41.8. The third-order valence-electron chi connectivity index (χ3n) is 20.4. The highest BCUT2D eigenvalue weighted by atomic mass is 35.5. The van der Waals surface area contributed by atoms with E-state index in [-0.39, 0.29) is 10.0 Å². The molecule has 2 saturated carbocycles. The smallest absolute Gasteiger partial charge is 0.417 e. The summed E-state index contributed by atoms with van der Waals surface area (Å²) < 4.78 is 57.5. The fraction of sp³-hybridized carbons (Fsp3) is 0.419. The van der Waals surface area contributed by atoms with Crippen molar-refractivity contribution in [3.8, 4) is 73.3 Å². The van der Waals surface area contributed by atoms with Crippen LogP contribution >= 0.6 is 34.8 Å². The molecule has 14 rings (SSSR count). The molecule has 2 aliphatic rings. The number of H-pyrrole nitrogens is 6. The molecular formula is C93H121Cl3F4N18O2.